The molecule has 15 heteroatoms. The summed E-state index contributed by atoms with van der Waals surface area (Å²) in [5, 5.41) is 37.5. The van der Waals surface area contributed by atoms with Crippen molar-refractivity contribution >= 4 is 47.3 Å². The van der Waals surface area contributed by atoms with Gasteiger partial charge in [-0.3, -0.25) is 19.6 Å². The molecule has 1 aromatic carbocycles. The summed E-state index contributed by atoms with van der Waals surface area (Å²) in [4.78, 5) is 53.1. The van der Waals surface area contributed by atoms with Crippen LogP contribution in [-0.4, -0.2) is 88.7 Å². The van der Waals surface area contributed by atoms with E-state index in [4.69, 9.17) is 9.84 Å². The van der Waals surface area contributed by atoms with Crippen molar-refractivity contribution in [2.75, 3.05) is 18.1 Å². The van der Waals surface area contributed by atoms with Gasteiger partial charge < -0.3 is 25.4 Å². The third-order valence-corrected chi connectivity index (χ3v) is 7.54. The lowest BCUT2D eigenvalue weighted by molar-refractivity contribution is -0.151. The van der Waals surface area contributed by atoms with E-state index in [0.29, 0.717) is 27.9 Å². The Morgan fingerprint density at radius 1 is 1.28 bits per heavy atom. The van der Waals surface area contributed by atoms with Gasteiger partial charge in [0.2, 0.25) is 5.16 Å². The zero-order valence-corrected chi connectivity index (χ0v) is 20.1. The molecule has 2 aliphatic rings. The Morgan fingerprint density at radius 3 is 2.72 bits per heavy atom. The minimum Gasteiger partial charge on any atom is -0.480 e. The zero-order chi connectivity index (χ0) is 25.8. The highest BCUT2D eigenvalue weighted by Crippen LogP contribution is 2.41. The maximum absolute atomic E-state index is 12.8. The minimum absolute atomic E-state index is 0.0746. The van der Waals surface area contributed by atoms with Crippen LogP contribution in [0.5, 0.6) is 0 Å². The molecule has 3 heterocycles. The van der Waals surface area contributed by atoms with Crippen LogP contribution in [0.25, 0.3) is 0 Å². The number of carboxylic acids is 2. The molecule has 3 atom stereocenters. The number of hydrogen-bond donors (Lipinski definition) is 5. The number of carbonyl (C=O) groups excluding carboxylic acids is 2. The fourth-order valence-electron chi connectivity index (χ4n) is 3.61. The van der Waals surface area contributed by atoms with Crippen LogP contribution in [-0.2, 0) is 30.5 Å². The Labute approximate surface area is 212 Å². The lowest BCUT2D eigenvalue weighted by Crippen LogP contribution is -2.70. The summed E-state index contributed by atoms with van der Waals surface area (Å²) in [5.74, 6) is -2.88. The second-order valence-corrected chi connectivity index (χ2v) is 9.75. The standard InChI is InChI=1S/C21H21N5O8S2/c27-13(28)7-34-6-12-22-21(25-24-12)36-9-11-8-35-19-14(18(31)26(19)15(11)20(32)33)23-17(30)16(29)10-4-2-1-3-5-10/h1-5,14,16,19,29H,6-9H2,(H,23,30)(H,27,28)(H,32,33)(H,22,24,25)/t14?,16-,19-/m1/s1. The van der Waals surface area contributed by atoms with E-state index >= 15 is 0 Å². The van der Waals surface area contributed by atoms with E-state index < -0.39 is 47.9 Å². The molecule has 0 aliphatic carbocycles. The Balaban J connectivity index is 1.38. The molecule has 2 amide bonds. The van der Waals surface area contributed by atoms with Crippen LogP contribution >= 0.6 is 23.5 Å². The monoisotopic (exact) mass is 535 g/mol. The van der Waals surface area contributed by atoms with E-state index in [9.17, 15) is 29.4 Å². The number of carboxylic acid groups (broad SMARTS) is 2. The van der Waals surface area contributed by atoms with Crippen LogP contribution in [0.3, 0.4) is 0 Å². The quantitative estimate of drug-likeness (QED) is 0.191. The van der Waals surface area contributed by atoms with E-state index in [2.05, 4.69) is 20.5 Å². The van der Waals surface area contributed by atoms with Crippen LogP contribution < -0.4 is 5.32 Å². The molecule has 1 fully saturated rings. The number of H-pyrrole nitrogens is 1. The van der Waals surface area contributed by atoms with Gasteiger partial charge in [-0.1, -0.05) is 42.1 Å². The number of β-lactam (4-membered cyclic amide) rings is 1. The Kier molecular flexibility index (Phi) is 7.93. The summed E-state index contributed by atoms with van der Waals surface area (Å²) in [6, 6.07) is 7.32. The van der Waals surface area contributed by atoms with Gasteiger partial charge in [-0.15, -0.1) is 16.9 Å². The predicted molar refractivity (Wildman–Crippen MR) is 125 cm³/mol. The van der Waals surface area contributed by atoms with Crippen molar-refractivity contribution in [3.8, 4) is 0 Å². The molecule has 0 bridgehead atoms. The number of aliphatic carboxylic acids is 2. The van der Waals surface area contributed by atoms with Gasteiger partial charge in [0.25, 0.3) is 11.8 Å². The first kappa shape index (κ1) is 25.7. The highest BCUT2D eigenvalue weighted by molar-refractivity contribution is 8.01. The number of fused-ring (bicyclic) bond motifs is 1. The summed E-state index contributed by atoms with van der Waals surface area (Å²) in [5.41, 5.74) is 0.722. The molecule has 2 aromatic rings. The lowest BCUT2D eigenvalue weighted by atomic mass is 10.0. The van der Waals surface area contributed by atoms with Gasteiger partial charge in [0, 0.05) is 11.5 Å². The molecular weight excluding hydrogens is 514 g/mol. The molecule has 4 rings (SSSR count). The molecule has 13 nitrogen and oxygen atoms in total. The Bertz CT molecular complexity index is 1200. The number of thioether (sulfide) groups is 2. The summed E-state index contributed by atoms with van der Waals surface area (Å²) in [6.07, 6.45) is -1.45. The SMILES string of the molecule is O=C(O)COCc1nc(SCC2=C(C(=O)O)N3C(=O)C(NC(=O)[C@H](O)c4ccccc4)[C@H]3SC2)n[nH]1. The van der Waals surface area contributed by atoms with Crippen molar-refractivity contribution in [3.63, 3.8) is 0 Å². The van der Waals surface area contributed by atoms with Gasteiger partial charge in [0.1, 0.15) is 30.3 Å². The van der Waals surface area contributed by atoms with Crippen molar-refractivity contribution in [2.45, 2.75) is 29.3 Å². The van der Waals surface area contributed by atoms with Crippen LogP contribution in [0.1, 0.15) is 17.5 Å². The number of aliphatic hydroxyl groups excluding tert-OH is 1. The highest BCUT2D eigenvalue weighted by Gasteiger charge is 2.54. The third kappa shape index (κ3) is 5.53. The Hall–Kier alpha value is -3.40. The van der Waals surface area contributed by atoms with E-state index in [-0.39, 0.29) is 18.1 Å². The number of nitrogens with one attached hydrogen (secondary N) is 2. The van der Waals surface area contributed by atoms with Crippen molar-refractivity contribution in [3.05, 3.63) is 53.0 Å². The van der Waals surface area contributed by atoms with Crippen LogP contribution in [0.15, 0.2) is 46.8 Å². The number of benzene rings is 1. The van der Waals surface area contributed by atoms with Crippen LogP contribution in [0.4, 0.5) is 0 Å². The number of aromatic amines is 1. The second-order valence-electron chi connectivity index (χ2n) is 7.71. The molecular formula is C21H21N5O8S2. The first-order chi connectivity index (χ1) is 17.3. The molecule has 1 unspecified atom stereocenters. The highest BCUT2D eigenvalue weighted by atomic mass is 32.2. The van der Waals surface area contributed by atoms with Gasteiger partial charge in [-0.2, -0.15) is 0 Å². The molecule has 0 radical (unpaired) electrons. The molecule has 190 valence electrons. The normalized spacial score (nSPS) is 19.9. The number of carbonyl (C=O) groups is 4. The van der Waals surface area contributed by atoms with E-state index in [1.165, 1.54) is 11.8 Å². The van der Waals surface area contributed by atoms with Gasteiger partial charge in [-0.05, 0) is 11.1 Å². The summed E-state index contributed by atoms with van der Waals surface area (Å²) in [7, 11) is 0. The smallest absolute Gasteiger partial charge is 0.352 e. The number of rotatable bonds is 11. The van der Waals surface area contributed by atoms with Crippen molar-refractivity contribution in [1.82, 2.24) is 25.4 Å². The van der Waals surface area contributed by atoms with Crippen molar-refractivity contribution in [2.24, 2.45) is 0 Å². The first-order valence-electron chi connectivity index (χ1n) is 10.5. The lowest BCUT2D eigenvalue weighted by Gasteiger charge is -2.49. The topological polar surface area (TPSA) is 195 Å². The van der Waals surface area contributed by atoms with E-state index in [0.717, 1.165) is 16.7 Å². The molecule has 2 aliphatic heterocycles. The predicted octanol–water partition coefficient (Wildman–Crippen LogP) is -0.0298. The summed E-state index contributed by atoms with van der Waals surface area (Å²) in [6.45, 7) is -0.554. The fourth-order valence-corrected chi connectivity index (χ4v) is 5.91. The van der Waals surface area contributed by atoms with Crippen molar-refractivity contribution < 1.29 is 39.2 Å². The van der Waals surface area contributed by atoms with Gasteiger partial charge >= 0.3 is 11.9 Å². The maximum Gasteiger partial charge on any atom is 0.352 e. The van der Waals surface area contributed by atoms with Crippen molar-refractivity contribution in [1.29, 1.82) is 0 Å². The molecule has 5 N–H and O–H groups in total. The second kappa shape index (κ2) is 11.1. The van der Waals surface area contributed by atoms with Crippen LogP contribution in [0.2, 0.25) is 0 Å². The molecule has 36 heavy (non-hydrogen) atoms. The van der Waals surface area contributed by atoms with E-state index in [1.807, 2.05) is 0 Å². The third-order valence-electron chi connectivity index (χ3n) is 5.26. The summed E-state index contributed by atoms with van der Waals surface area (Å²) >= 11 is 2.46. The van der Waals surface area contributed by atoms with Crippen LogP contribution in [0, 0.1) is 0 Å². The average Bonchev–Trinajstić information content (AvgIpc) is 3.32. The number of ether oxygens (including phenoxy) is 1. The van der Waals surface area contributed by atoms with E-state index in [1.54, 1.807) is 30.3 Å². The average molecular weight is 536 g/mol. The number of hydrogen-bond acceptors (Lipinski definition) is 10. The number of aliphatic hydroxyl groups is 1. The largest absolute Gasteiger partial charge is 0.480 e. The summed E-state index contributed by atoms with van der Waals surface area (Å²) < 4.78 is 4.94. The molecule has 1 saturated heterocycles. The van der Waals surface area contributed by atoms with Gasteiger partial charge in [0.15, 0.2) is 11.9 Å². The number of nitrogens with zero attached hydrogens (tertiary/aromatic N) is 3. The molecule has 0 saturated carbocycles. The first-order valence-corrected chi connectivity index (χ1v) is 12.6. The molecule has 1 aromatic heterocycles. The number of amides is 2. The maximum atomic E-state index is 12.8. The number of aromatic nitrogens is 3. The minimum atomic E-state index is -1.45. The van der Waals surface area contributed by atoms with Gasteiger partial charge in [0.05, 0.1) is 0 Å². The Morgan fingerprint density at radius 2 is 2.03 bits per heavy atom. The van der Waals surface area contributed by atoms with Gasteiger partial charge in [-0.25, -0.2) is 14.6 Å². The fraction of sp³-hybridized carbons (Fsp3) is 0.333. The molecule has 0 spiro atoms. The zero-order valence-electron chi connectivity index (χ0n) is 18.5.